The number of halogens is 2. The molecule has 0 saturated carbocycles. The monoisotopic (exact) mass is 327 g/mol. The molecule has 0 amide bonds. The molecule has 0 spiro atoms. The average molecular weight is 327 g/mol. The average Bonchev–Trinajstić information content (AvgIpc) is 3.18. The molecule has 0 N–H and O–H groups in total. The quantitative estimate of drug-likeness (QED) is 0.482. The summed E-state index contributed by atoms with van der Waals surface area (Å²) in [6, 6.07) is 7.91. The molecule has 8 heteroatoms. The molecule has 0 bridgehead atoms. The lowest BCUT2D eigenvalue weighted by Gasteiger charge is -2.30. The molecule has 120 valence electrons. The van der Waals surface area contributed by atoms with Crippen LogP contribution in [-0.4, -0.2) is 27.1 Å². The van der Waals surface area contributed by atoms with Crippen LogP contribution in [-0.2, 0) is 0 Å². The normalized spacial score (nSPS) is 17.5. The number of nitro benzene ring substituents is 1. The third kappa shape index (κ3) is 1.82. The molecule has 5 nitrogen and oxygen atoms in total. The van der Waals surface area contributed by atoms with Crippen LogP contribution >= 0.6 is 0 Å². The van der Waals surface area contributed by atoms with Gasteiger partial charge >= 0.3 is 6.97 Å². The van der Waals surface area contributed by atoms with Gasteiger partial charge in [0.25, 0.3) is 5.69 Å². The first kappa shape index (κ1) is 14.6. The van der Waals surface area contributed by atoms with Gasteiger partial charge in [0, 0.05) is 23.9 Å². The maximum Gasteiger partial charge on any atom is 0.737 e. The van der Waals surface area contributed by atoms with E-state index in [0.29, 0.717) is 11.1 Å². The molecule has 0 unspecified atom stereocenters. The molecule has 0 saturated heterocycles. The molecule has 3 heterocycles. The van der Waals surface area contributed by atoms with Gasteiger partial charge in [-0.3, -0.25) is 10.1 Å². The summed E-state index contributed by atoms with van der Waals surface area (Å²) in [6.07, 6.45) is 5.69. The molecule has 2 aliphatic rings. The van der Waals surface area contributed by atoms with Crippen molar-refractivity contribution >= 4 is 24.4 Å². The van der Waals surface area contributed by atoms with Gasteiger partial charge in [-0.2, -0.15) is 0 Å². The van der Waals surface area contributed by atoms with Crippen LogP contribution in [0.2, 0.25) is 0 Å². The van der Waals surface area contributed by atoms with Crippen molar-refractivity contribution in [2.24, 2.45) is 0 Å². The number of rotatable bonds is 2. The number of allylic oxidation sites excluding steroid dienone is 2. The number of aromatic nitrogens is 1. The van der Waals surface area contributed by atoms with E-state index in [-0.39, 0.29) is 17.1 Å². The lowest BCUT2D eigenvalue weighted by Crippen LogP contribution is -2.49. The summed E-state index contributed by atoms with van der Waals surface area (Å²) in [7, 11) is 0. The fourth-order valence-electron chi connectivity index (χ4n) is 3.30. The van der Waals surface area contributed by atoms with Crippen molar-refractivity contribution in [2.75, 3.05) is 0 Å². The van der Waals surface area contributed by atoms with Crippen molar-refractivity contribution in [3.63, 3.8) is 0 Å². The highest BCUT2D eigenvalue weighted by molar-refractivity contribution is 6.57. The zero-order valence-corrected chi connectivity index (χ0v) is 12.7. The van der Waals surface area contributed by atoms with E-state index in [2.05, 4.69) is 0 Å². The first-order chi connectivity index (χ1) is 11.4. The second kappa shape index (κ2) is 4.73. The predicted octanol–water partition coefficient (Wildman–Crippen LogP) is 3.35. The summed E-state index contributed by atoms with van der Waals surface area (Å²) >= 11 is 0. The van der Waals surface area contributed by atoms with Gasteiger partial charge in [-0.1, -0.05) is 6.07 Å². The fourth-order valence-corrected chi connectivity index (χ4v) is 3.30. The second-order valence-electron chi connectivity index (χ2n) is 5.84. The Morgan fingerprint density at radius 1 is 1.29 bits per heavy atom. The number of hydrogen-bond donors (Lipinski definition) is 0. The highest BCUT2D eigenvalue weighted by Crippen LogP contribution is 2.41. The Balaban J connectivity index is 2.08. The molecule has 2 aromatic rings. The first-order valence-corrected chi connectivity index (χ1v) is 7.40. The molecule has 0 radical (unpaired) electrons. The van der Waals surface area contributed by atoms with Crippen LogP contribution in [0.1, 0.15) is 16.8 Å². The predicted molar refractivity (Wildman–Crippen MR) is 87.1 cm³/mol. The van der Waals surface area contributed by atoms with Gasteiger partial charge in [0.05, 0.1) is 16.1 Å². The smallest absolute Gasteiger partial charge is 0.396 e. The standard InChI is InChI=1S/C16H12BF2N3O2/c1-11-6-7-12(15(10-11)22(23)24)16-13-4-2-8-20(13)17(18,19)21-9-3-5-14(16)21/h2-10H,1H3. The molecule has 4 rings (SSSR count). The largest absolute Gasteiger partial charge is 0.737 e. The van der Waals surface area contributed by atoms with E-state index in [4.69, 9.17) is 0 Å². The van der Waals surface area contributed by atoms with E-state index in [1.54, 1.807) is 31.2 Å². The molecule has 0 aliphatic carbocycles. The fraction of sp³-hybridized carbons (Fsp3) is 0.0625. The summed E-state index contributed by atoms with van der Waals surface area (Å²) in [5, 5.41) is 11.5. The van der Waals surface area contributed by atoms with Crippen LogP contribution in [0.5, 0.6) is 0 Å². The minimum absolute atomic E-state index is 0.0942. The molecular weight excluding hydrogens is 315 g/mol. The van der Waals surface area contributed by atoms with E-state index < -0.39 is 11.9 Å². The van der Waals surface area contributed by atoms with Gasteiger partial charge in [0.15, 0.2) is 5.70 Å². The zero-order valence-electron chi connectivity index (χ0n) is 12.7. The van der Waals surface area contributed by atoms with Gasteiger partial charge in [-0.05, 0) is 36.9 Å². The van der Waals surface area contributed by atoms with E-state index in [1.807, 2.05) is 0 Å². The van der Waals surface area contributed by atoms with Crippen molar-refractivity contribution in [1.29, 1.82) is 0 Å². The van der Waals surface area contributed by atoms with Crippen LogP contribution in [0.25, 0.3) is 5.57 Å². The third-order valence-corrected chi connectivity index (χ3v) is 4.36. The molecular formula is C16H12BF2N3O2. The second-order valence-corrected chi connectivity index (χ2v) is 5.84. The lowest BCUT2D eigenvalue weighted by atomic mass is 9.86. The topological polar surface area (TPSA) is 51.1 Å². The number of benzene rings is 1. The number of fused-ring (bicyclic) bond motifs is 2. The molecule has 1 aromatic heterocycles. The van der Waals surface area contributed by atoms with Gasteiger partial charge in [-0.25, -0.2) is 0 Å². The first-order valence-electron chi connectivity index (χ1n) is 7.40. The Morgan fingerprint density at radius 2 is 2.08 bits per heavy atom. The van der Waals surface area contributed by atoms with Crippen molar-refractivity contribution in [3.8, 4) is 0 Å². The summed E-state index contributed by atoms with van der Waals surface area (Å²) in [4.78, 5) is 11.0. The SMILES string of the molecule is Cc1ccc(C2=C3C=CC=[N+]3[B-](F)(F)n3cccc32)c([N+](=O)[O-])c1. The summed E-state index contributed by atoms with van der Waals surface area (Å²) in [5.74, 6) is 0. The maximum atomic E-state index is 14.7. The van der Waals surface area contributed by atoms with E-state index in [0.717, 1.165) is 14.5 Å². The van der Waals surface area contributed by atoms with Gasteiger partial charge in [-0.15, -0.1) is 0 Å². The van der Waals surface area contributed by atoms with Crippen molar-refractivity contribution in [2.45, 2.75) is 6.92 Å². The Hall–Kier alpha value is -3.03. The van der Waals surface area contributed by atoms with Crippen molar-refractivity contribution < 1.29 is 18.0 Å². The van der Waals surface area contributed by atoms with Crippen LogP contribution < -0.4 is 0 Å². The number of nitrogens with zero attached hydrogens (tertiary/aromatic N) is 3. The van der Waals surface area contributed by atoms with Crippen LogP contribution in [0.4, 0.5) is 14.3 Å². The Morgan fingerprint density at radius 3 is 2.83 bits per heavy atom. The number of hydrogen-bond acceptors (Lipinski definition) is 2. The highest BCUT2D eigenvalue weighted by Gasteiger charge is 2.51. The summed E-state index contributed by atoms with van der Waals surface area (Å²) in [5.41, 5.74) is 1.96. The minimum atomic E-state index is -4.01. The third-order valence-electron chi connectivity index (χ3n) is 4.36. The van der Waals surface area contributed by atoms with Crippen LogP contribution in [0.3, 0.4) is 0 Å². The van der Waals surface area contributed by atoms with E-state index >= 15 is 0 Å². The minimum Gasteiger partial charge on any atom is -0.396 e. The molecule has 2 aliphatic heterocycles. The van der Waals surface area contributed by atoms with Crippen LogP contribution in [0, 0.1) is 17.0 Å². The maximum absolute atomic E-state index is 14.7. The Bertz CT molecular complexity index is 989. The van der Waals surface area contributed by atoms with E-state index in [9.17, 15) is 18.7 Å². The highest BCUT2D eigenvalue weighted by atomic mass is 19.2. The van der Waals surface area contributed by atoms with E-state index in [1.165, 1.54) is 30.6 Å². The molecule has 0 atom stereocenters. The number of nitro groups is 1. The molecule has 0 fully saturated rings. The summed E-state index contributed by atoms with van der Waals surface area (Å²) < 4.78 is 31.2. The van der Waals surface area contributed by atoms with Gasteiger partial charge in [0.1, 0.15) is 6.21 Å². The Kier molecular flexibility index (Phi) is 2.87. The van der Waals surface area contributed by atoms with Gasteiger partial charge < -0.3 is 17.6 Å². The lowest BCUT2D eigenvalue weighted by molar-refractivity contribution is -0.385. The van der Waals surface area contributed by atoms with Crippen molar-refractivity contribution in [1.82, 2.24) is 4.48 Å². The molecule has 1 aromatic carbocycles. The van der Waals surface area contributed by atoms with Gasteiger partial charge in [0.2, 0.25) is 0 Å². The van der Waals surface area contributed by atoms with Crippen molar-refractivity contribution in [3.05, 3.63) is 81.3 Å². The van der Waals surface area contributed by atoms with Crippen LogP contribution in [0.15, 0.2) is 54.4 Å². The Labute approximate surface area is 136 Å². The summed E-state index contributed by atoms with van der Waals surface area (Å²) in [6.45, 7) is -2.25. The number of aryl methyl sites for hydroxylation is 1. The zero-order chi connectivity index (χ0) is 17.1. The molecule has 24 heavy (non-hydrogen) atoms.